The molecule has 2 aliphatic heterocycles. The summed E-state index contributed by atoms with van der Waals surface area (Å²) < 4.78 is 0. The Balaban J connectivity index is 1.83. The lowest BCUT2D eigenvalue weighted by Gasteiger charge is -2.36. The minimum absolute atomic E-state index is 0.0624. The monoisotopic (exact) mass is 283 g/mol. The molecule has 0 aromatic rings. The number of carbonyl (C=O) groups is 2. The normalized spacial score (nSPS) is 24.9. The molecule has 1 N–H and O–H groups in total. The van der Waals surface area contributed by atoms with Gasteiger partial charge in [0.15, 0.2) is 0 Å². The first-order valence-electron chi connectivity index (χ1n) is 7.39. The van der Waals surface area contributed by atoms with Crippen LogP contribution in [0.15, 0.2) is 0 Å². The van der Waals surface area contributed by atoms with Gasteiger partial charge in [0.2, 0.25) is 0 Å². The molecule has 0 radical (unpaired) electrons. The van der Waals surface area contributed by atoms with Gasteiger partial charge in [0.1, 0.15) is 0 Å². The second kappa shape index (κ2) is 6.43. The Kier molecular flexibility index (Phi) is 4.86. The molecule has 2 aliphatic rings. The lowest BCUT2D eigenvalue weighted by atomic mass is 10.0. The Morgan fingerprint density at radius 2 is 1.85 bits per heavy atom. The number of carboxylic acids is 1. The van der Waals surface area contributed by atoms with E-state index in [1.54, 1.807) is 0 Å². The molecule has 0 aromatic carbocycles. The average molecular weight is 283 g/mol. The van der Waals surface area contributed by atoms with E-state index >= 15 is 0 Å². The summed E-state index contributed by atoms with van der Waals surface area (Å²) in [6.45, 7) is 3.34. The van der Waals surface area contributed by atoms with Crippen LogP contribution in [-0.2, 0) is 4.79 Å². The van der Waals surface area contributed by atoms with Crippen molar-refractivity contribution in [1.29, 1.82) is 0 Å². The van der Waals surface area contributed by atoms with E-state index in [2.05, 4.69) is 11.9 Å². The topological polar surface area (TPSA) is 64.1 Å². The molecule has 0 bridgehead atoms. The Morgan fingerprint density at radius 3 is 2.45 bits per heavy atom. The van der Waals surface area contributed by atoms with Gasteiger partial charge in [-0.3, -0.25) is 4.79 Å². The van der Waals surface area contributed by atoms with Crippen LogP contribution in [0.25, 0.3) is 0 Å². The van der Waals surface area contributed by atoms with Gasteiger partial charge in [-0.25, -0.2) is 4.79 Å². The van der Waals surface area contributed by atoms with E-state index in [1.807, 2.05) is 16.8 Å². The molecule has 1 unspecified atom stereocenters. The molecule has 0 aliphatic carbocycles. The van der Waals surface area contributed by atoms with Crippen molar-refractivity contribution < 1.29 is 14.7 Å². The molecule has 2 rings (SSSR count). The van der Waals surface area contributed by atoms with Gasteiger partial charge < -0.3 is 19.8 Å². The highest BCUT2D eigenvalue weighted by Gasteiger charge is 2.32. The first kappa shape index (κ1) is 15.1. The standard InChI is InChI=1S/C14H25N3O3/c1-15-6-4-12(5-7-15)16(2)14(20)17-8-3-11(10-17)9-13(18)19/h11-12H,3-10H2,1-2H3,(H,18,19). The third-order valence-electron chi connectivity index (χ3n) is 4.56. The largest absolute Gasteiger partial charge is 0.481 e. The quantitative estimate of drug-likeness (QED) is 0.837. The summed E-state index contributed by atoms with van der Waals surface area (Å²) in [5, 5.41) is 8.82. The van der Waals surface area contributed by atoms with Crippen molar-refractivity contribution in [3.8, 4) is 0 Å². The van der Waals surface area contributed by atoms with Crippen LogP contribution in [0.2, 0.25) is 0 Å². The molecular formula is C14H25N3O3. The number of carbonyl (C=O) groups excluding carboxylic acids is 1. The van der Waals surface area contributed by atoms with Crippen molar-refractivity contribution in [3.63, 3.8) is 0 Å². The molecule has 2 heterocycles. The number of aliphatic carboxylic acids is 1. The van der Waals surface area contributed by atoms with Crippen molar-refractivity contribution in [2.75, 3.05) is 40.3 Å². The SMILES string of the molecule is CN1CCC(N(C)C(=O)N2CCC(CC(=O)O)C2)CC1. The van der Waals surface area contributed by atoms with E-state index < -0.39 is 5.97 Å². The van der Waals surface area contributed by atoms with E-state index in [9.17, 15) is 9.59 Å². The van der Waals surface area contributed by atoms with E-state index in [0.717, 1.165) is 32.4 Å². The number of amides is 2. The fraction of sp³-hybridized carbons (Fsp3) is 0.857. The number of piperidine rings is 1. The minimum atomic E-state index is -0.770. The van der Waals surface area contributed by atoms with Crippen LogP contribution in [0, 0.1) is 5.92 Å². The Bertz CT molecular complexity index is 367. The zero-order valence-electron chi connectivity index (χ0n) is 12.4. The second-order valence-corrected chi connectivity index (χ2v) is 6.13. The highest BCUT2D eigenvalue weighted by molar-refractivity contribution is 5.75. The highest BCUT2D eigenvalue weighted by Crippen LogP contribution is 2.22. The first-order chi connectivity index (χ1) is 9.47. The van der Waals surface area contributed by atoms with Gasteiger partial charge in [0.25, 0.3) is 0 Å². The number of hydrogen-bond donors (Lipinski definition) is 1. The van der Waals surface area contributed by atoms with Crippen molar-refractivity contribution in [2.24, 2.45) is 5.92 Å². The van der Waals surface area contributed by atoms with Gasteiger partial charge in [0.05, 0.1) is 0 Å². The summed E-state index contributed by atoms with van der Waals surface area (Å²) in [6.07, 6.45) is 3.01. The van der Waals surface area contributed by atoms with Gasteiger partial charge in [-0.2, -0.15) is 0 Å². The van der Waals surface area contributed by atoms with Gasteiger partial charge >= 0.3 is 12.0 Å². The molecule has 2 saturated heterocycles. The fourth-order valence-electron chi connectivity index (χ4n) is 3.18. The Hall–Kier alpha value is -1.30. The van der Waals surface area contributed by atoms with Gasteiger partial charge in [0, 0.05) is 32.6 Å². The zero-order chi connectivity index (χ0) is 14.7. The van der Waals surface area contributed by atoms with Crippen LogP contribution in [0.5, 0.6) is 0 Å². The van der Waals surface area contributed by atoms with Crippen LogP contribution in [-0.4, -0.2) is 78.1 Å². The summed E-state index contributed by atoms with van der Waals surface area (Å²) in [4.78, 5) is 29.1. The summed E-state index contributed by atoms with van der Waals surface area (Å²) >= 11 is 0. The molecule has 2 fully saturated rings. The molecule has 20 heavy (non-hydrogen) atoms. The van der Waals surface area contributed by atoms with Crippen LogP contribution in [0.4, 0.5) is 4.79 Å². The number of likely N-dealkylation sites (tertiary alicyclic amines) is 2. The van der Waals surface area contributed by atoms with Gasteiger partial charge in [-0.05, 0) is 45.3 Å². The van der Waals surface area contributed by atoms with E-state index in [0.29, 0.717) is 19.1 Å². The van der Waals surface area contributed by atoms with Gasteiger partial charge in [-0.1, -0.05) is 0 Å². The highest BCUT2D eigenvalue weighted by atomic mass is 16.4. The van der Waals surface area contributed by atoms with Crippen molar-refractivity contribution in [1.82, 2.24) is 14.7 Å². The van der Waals surface area contributed by atoms with Crippen LogP contribution >= 0.6 is 0 Å². The minimum Gasteiger partial charge on any atom is -0.481 e. The molecule has 114 valence electrons. The Labute approximate surface area is 120 Å². The van der Waals surface area contributed by atoms with Gasteiger partial charge in [-0.15, -0.1) is 0 Å². The number of hydrogen-bond acceptors (Lipinski definition) is 3. The molecule has 0 aromatic heterocycles. The molecule has 6 nitrogen and oxygen atoms in total. The number of carboxylic acid groups (broad SMARTS) is 1. The van der Waals surface area contributed by atoms with E-state index in [1.165, 1.54) is 0 Å². The molecule has 2 amide bonds. The second-order valence-electron chi connectivity index (χ2n) is 6.13. The summed E-state index contributed by atoms with van der Waals surface area (Å²) in [5.74, 6) is -0.657. The fourth-order valence-corrected chi connectivity index (χ4v) is 3.18. The first-order valence-corrected chi connectivity index (χ1v) is 7.39. The van der Waals surface area contributed by atoms with E-state index in [-0.39, 0.29) is 18.4 Å². The molecule has 6 heteroatoms. The molecule has 1 atom stereocenters. The number of nitrogens with zero attached hydrogens (tertiary/aromatic N) is 3. The third-order valence-corrected chi connectivity index (χ3v) is 4.56. The van der Waals surface area contributed by atoms with E-state index in [4.69, 9.17) is 5.11 Å². The lowest BCUT2D eigenvalue weighted by Crippen LogP contribution is -2.49. The van der Waals surface area contributed by atoms with Crippen molar-refractivity contribution in [2.45, 2.75) is 31.7 Å². The molecular weight excluding hydrogens is 258 g/mol. The van der Waals surface area contributed by atoms with Crippen LogP contribution in [0.3, 0.4) is 0 Å². The molecule has 0 saturated carbocycles. The Morgan fingerprint density at radius 1 is 1.20 bits per heavy atom. The number of rotatable bonds is 3. The maximum Gasteiger partial charge on any atom is 0.320 e. The average Bonchev–Trinajstić information content (AvgIpc) is 2.85. The summed E-state index contributed by atoms with van der Waals surface area (Å²) in [5.41, 5.74) is 0. The zero-order valence-corrected chi connectivity index (χ0v) is 12.4. The maximum atomic E-state index is 12.4. The molecule has 0 spiro atoms. The lowest BCUT2D eigenvalue weighted by molar-refractivity contribution is -0.138. The van der Waals surface area contributed by atoms with Crippen molar-refractivity contribution in [3.05, 3.63) is 0 Å². The van der Waals surface area contributed by atoms with Crippen molar-refractivity contribution >= 4 is 12.0 Å². The smallest absolute Gasteiger partial charge is 0.320 e. The maximum absolute atomic E-state index is 12.4. The predicted octanol–water partition coefficient (Wildman–Crippen LogP) is 0.929. The summed E-state index contributed by atoms with van der Waals surface area (Å²) in [7, 11) is 3.98. The van der Waals surface area contributed by atoms with Crippen LogP contribution < -0.4 is 0 Å². The predicted molar refractivity (Wildman–Crippen MR) is 75.6 cm³/mol. The summed E-state index contributed by atoms with van der Waals surface area (Å²) in [6, 6.07) is 0.379. The number of urea groups is 1. The van der Waals surface area contributed by atoms with Crippen LogP contribution in [0.1, 0.15) is 25.7 Å². The third kappa shape index (κ3) is 3.62.